The third-order valence-corrected chi connectivity index (χ3v) is 3.22. The number of benzene rings is 1. The van der Waals surface area contributed by atoms with Crippen LogP contribution in [0.5, 0.6) is 0 Å². The summed E-state index contributed by atoms with van der Waals surface area (Å²) in [7, 11) is 0. The molecule has 2 nitrogen and oxygen atoms in total. The smallest absolute Gasteiger partial charge is 0.131 e. The molecule has 1 heterocycles. The van der Waals surface area contributed by atoms with Crippen molar-refractivity contribution in [3.8, 4) is 0 Å². The van der Waals surface area contributed by atoms with E-state index in [2.05, 4.69) is 4.98 Å². The van der Waals surface area contributed by atoms with Gasteiger partial charge in [0.05, 0.1) is 6.10 Å². The summed E-state index contributed by atoms with van der Waals surface area (Å²) in [5, 5.41) is 10.2. The fourth-order valence-corrected chi connectivity index (χ4v) is 1.98. The van der Waals surface area contributed by atoms with Gasteiger partial charge < -0.3 is 5.11 Å². The van der Waals surface area contributed by atoms with Crippen LogP contribution in [0.4, 0.5) is 8.78 Å². The lowest BCUT2D eigenvalue weighted by molar-refractivity contribution is 0.145. The summed E-state index contributed by atoms with van der Waals surface area (Å²) in [6, 6.07) is 7.49. The van der Waals surface area contributed by atoms with E-state index in [1.54, 1.807) is 31.3 Å². The minimum absolute atomic E-state index is 0.0945. The molecule has 100 valence electrons. The quantitative estimate of drug-likeness (QED) is 0.919. The number of hydrogen-bond acceptors (Lipinski definition) is 2. The molecule has 0 saturated heterocycles. The maximum atomic E-state index is 13.7. The molecule has 0 aliphatic heterocycles. The molecule has 2 unspecified atom stereocenters. The molecule has 1 aromatic carbocycles. The molecule has 1 N–H and O–H groups in total. The first kappa shape index (κ1) is 13.6. The number of aliphatic hydroxyl groups is 1. The van der Waals surface area contributed by atoms with E-state index in [4.69, 9.17) is 0 Å². The minimum atomic E-state index is -1.06. The molecular weight excluding hydrogens is 248 g/mol. The molecule has 0 saturated carbocycles. The highest BCUT2D eigenvalue weighted by atomic mass is 19.1. The van der Waals surface area contributed by atoms with Crippen LogP contribution in [-0.4, -0.2) is 10.1 Å². The standard InChI is InChI=1S/C15H15F2NO/c1-9-7-11(13(17)8-12(9)16)15(19)10(2)14-5-3-4-6-18-14/h3-8,10,15,19H,1-2H3. The van der Waals surface area contributed by atoms with E-state index in [1.165, 1.54) is 13.0 Å². The third-order valence-electron chi connectivity index (χ3n) is 3.22. The van der Waals surface area contributed by atoms with Crippen LogP contribution in [0.3, 0.4) is 0 Å². The normalized spacial score (nSPS) is 14.2. The van der Waals surface area contributed by atoms with Crippen molar-refractivity contribution in [3.63, 3.8) is 0 Å². The Morgan fingerprint density at radius 2 is 1.89 bits per heavy atom. The summed E-state index contributed by atoms with van der Waals surface area (Å²) in [6.07, 6.45) is 0.555. The van der Waals surface area contributed by atoms with Gasteiger partial charge in [0.25, 0.3) is 0 Å². The fourth-order valence-electron chi connectivity index (χ4n) is 1.98. The van der Waals surface area contributed by atoms with E-state index >= 15 is 0 Å². The predicted molar refractivity (Wildman–Crippen MR) is 68.7 cm³/mol. The van der Waals surface area contributed by atoms with Crippen LogP contribution < -0.4 is 0 Å². The van der Waals surface area contributed by atoms with E-state index in [0.717, 1.165) is 6.07 Å². The van der Waals surface area contributed by atoms with Gasteiger partial charge in [-0.3, -0.25) is 4.98 Å². The zero-order valence-corrected chi connectivity index (χ0v) is 10.8. The Morgan fingerprint density at radius 3 is 2.53 bits per heavy atom. The van der Waals surface area contributed by atoms with Crippen molar-refractivity contribution < 1.29 is 13.9 Å². The van der Waals surface area contributed by atoms with Crippen molar-refractivity contribution in [1.29, 1.82) is 0 Å². The zero-order valence-electron chi connectivity index (χ0n) is 10.8. The molecular formula is C15H15F2NO. The Balaban J connectivity index is 2.34. The molecule has 19 heavy (non-hydrogen) atoms. The van der Waals surface area contributed by atoms with Crippen LogP contribution in [0.1, 0.15) is 35.8 Å². The SMILES string of the molecule is Cc1cc(C(O)C(C)c2ccccn2)c(F)cc1F. The highest BCUT2D eigenvalue weighted by molar-refractivity contribution is 5.29. The minimum Gasteiger partial charge on any atom is -0.388 e. The summed E-state index contributed by atoms with van der Waals surface area (Å²) in [5.41, 5.74) is 1.07. The molecule has 0 spiro atoms. The molecule has 4 heteroatoms. The summed E-state index contributed by atoms with van der Waals surface area (Å²) in [4.78, 5) is 4.14. The van der Waals surface area contributed by atoms with Gasteiger partial charge in [0.2, 0.25) is 0 Å². The highest BCUT2D eigenvalue weighted by Gasteiger charge is 2.23. The van der Waals surface area contributed by atoms with E-state index in [0.29, 0.717) is 11.3 Å². The van der Waals surface area contributed by atoms with Crippen LogP contribution >= 0.6 is 0 Å². The first-order chi connectivity index (χ1) is 9.00. The second kappa shape index (κ2) is 5.45. The number of pyridine rings is 1. The van der Waals surface area contributed by atoms with Crippen molar-refractivity contribution in [1.82, 2.24) is 4.98 Å². The summed E-state index contributed by atoms with van der Waals surface area (Å²) >= 11 is 0. The van der Waals surface area contributed by atoms with E-state index < -0.39 is 17.7 Å². The van der Waals surface area contributed by atoms with Crippen molar-refractivity contribution in [3.05, 3.63) is 65.0 Å². The highest BCUT2D eigenvalue weighted by Crippen LogP contribution is 2.31. The number of nitrogens with zero attached hydrogens (tertiary/aromatic N) is 1. The van der Waals surface area contributed by atoms with Gasteiger partial charge in [-0.25, -0.2) is 8.78 Å². The fraction of sp³-hybridized carbons (Fsp3) is 0.267. The van der Waals surface area contributed by atoms with Crippen molar-refractivity contribution in [2.24, 2.45) is 0 Å². The maximum absolute atomic E-state index is 13.7. The van der Waals surface area contributed by atoms with Crippen LogP contribution in [0.2, 0.25) is 0 Å². The second-order valence-corrected chi connectivity index (χ2v) is 4.61. The van der Waals surface area contributed by atoms with Crippen LogP contribution in [-0.2, 0) is 0 Å². The van der Waals surface area contributed by atoms with Crippen molar-refractivity contribution in [2.45, 2.75) is 25.9 Å². The van der Waals surface area contributed by atoms with Gasteiger partial charge >= 0.3 is 0 Å². The predicted octanol–water partition coefficient (Wildman–Crippen LogP) is 3.51. The van der Waals surface area contributed by atoms with Crippen LogP contribution in [0.15, 0.2) is 36.5 Å². The summed E-state index contributed by atoms with van der Waals surface area (Å²) < 4.78 is 26.9. The van der Waals surface area contributed by atoms with Crippen molar-refractivity contribution >= 4 is 0 Å². The summed E-state index contributed by atoms with van der Waals surface area (Å²) in [6.45, 7) is 3.29. The van der Waals surface area contributed by atoms with Gasteiger partial charge in [-0.05, 0) is 30.7 Å². The van der Waals surface area contributed by atoms with Gasteiger partial charge in [-0.15, -0.1) is 0 Å². The van der Waals surface area contributed by atoms with Gasteiger partial charge in [-0.1, -0.05) is 13.0 Å². The molecule has 1 aromatic heterocycles. The number of hydrogen-bond donors (Lipinski definition) is 1. The second-order valence-electron chi connectivity index (χ2n) is 4.61. The molecule has 0 aliphatic rings. The number of halogens is 2. The Labute approximate surface area is 110 Å². The topological polar surface area (TPSA) is 33.1 Å². The van der Waals surface area contributed by atoms with Gasteiger partial charge in [0.1, 0.15) is 11.6 Å². The molecule has 0 amide bonds. The van der Waals surface area contributed by atoms with Gasteiger partial charge in [0, 0.05) is 29.4 Å². The maximum Gasteiger partial charge on any atom is 0.131 e. The first-order valence-electron chi connectivity index (χ1n) is 6.05. The average Bonchev–Trinajstić information content (AvgIpc) is 2.42. The van der Waals surface area contributed by atoms with Crippen LogP contribution in [0.25, 0.3) is 0 Å². The van der Waals surface area contributed by atoms with E-state index in [1.807, 2.05) is 0 Å². The molecule has 2 aromatic rings. The van der Waals surface area contributed by atoms with Crippen LogP contribution in [0, 0.1) is 18.6 Å². The van der Waals surface area contributed by atoms with E-state index in [-0.39, 0.29) is 11.5 Å². The Kier molecular flexibility index (Phi) is 3.90. The number of aromatic nitrogens is 1. The molecule has 2 rings (SSSR count). The molecule has 2 atom stereocenters. The Hall–Kier alpha value is -1.81. The first-order valence-corrected chi connectivity index (χ1v) is 6.05. The molecule has 0 radical (unpaired) electrons. The number of aliphatic hydroxyl groups excluding tert-OH is 1. The molecule has 0 aliphatic carbocycles. The van der Waals surface area contributed by atoms with Crippen molar-refractivity contribution in [2.75, 3.05) is 0 Å². The van der Waals surface area contributed by atoms with E-state index in [9.17, 15) is 13.9 Å². The average molecular weight is 263 g/mol. The Morgan fingerprint density at radius 1 is 1.16 bits per heavy atom. The lowest BCUT2D eigenvalue weighted by atomic mass is 9.93. The number of rotatable bonds is 3. The lowest BCUT2D eigenvalue weighted by Crippen LogP contribution is -2.11. The largest absolute Gasteiger partial charge is 0.388 e. The molecule has 0 bridgehead atoms. The third kappa shape index (κ3) is 2.79. The number of aryl methyl sites for hydroxylation is 1. The van der Waals surface area contributed by atoms with Gasteiger partial charge in [0.15, 0.2) is 0 Å². The summed E-state index contributed by atoms with van der Waals surface area (Å²) in [5.74, 6) is -1.72. The Bertz CT molecular complexity index is 572. The molecule has 0 fully saturated rings. The van der Waals surface area contributed by atoms with Gasteiger partial charge in [-0.2, -0.15) is 0 Å². The lowest BCUT2D eigenvalue weighted by Gasteiger charge is -2.19. The monoisotopic (exact) mass is 263 g/mol. The zero-order chi connectivity index (χ0) is 14.0.